The van der Waals surface area contributed by atoms with Crippen LogP contribution in [0.25, 0.3) is 0 Å². The molecule has 142 valence electrons. The van der Waals surface area contributed by atoms with Gasteiger partial charge in [0.25, 0.3) is 5.91 Å². The zero-order valence-corrected chi connectivity index (χ0v) is 15.6. The van der Waals surface area contributed by atoms with Crippen molar-refractivity contribution in [1.82, 2.24) is 10.4 Å². The van der Waals surface area contributed by atoms with Crippen molar-refractivity contribution in [2.75, 3.05) is 0 Å². The van der Waals surface area contributed by atoms with Gasteiger partial charge in [-0.25, -0.2) is 10.4 Å². The van der Waals surface area contributed by atoms with E-state index in [9.17, 15) is 20.0 Å². The van der Waals surface area contributed by atoms with Crippen LogP contribution in [-0.4, -0.2) is 27.1 Å². The van der Waals surface area contributed by atoms with Crippen molar-refractivity contribution in [2.24, 2.45) is 5.10 Å². The van der Waals surface area contributed by atoms with E-state index in [0.29, 0.717) is 22.6 Å². The number of thiazole rings is 1. The highest BCUT2D eigenvalue weighted by molar-refractivity contribution is 7.13. The molecular weight excluding hydrogens is 380 g/mol. The van der Waals surface area contributed by atoms with Gasteiger partial charge in [0.05, 0.1) is 21.8 Å². The van der Waals surface area contributed by atoms with Gasteiger partial charge in [-0.05, 0) is 24.6 Å². The first-order valence-corrected chi connectivity index (χ1v) is 9.06. The summed E-state index contributed by atoms with van der Waals surface area (Å²) in [5.74, 6) is -0.837. The zero-order chi connectivity index (χ0) is 20.1. The monoisotopic (exact) mass is 396 g/mol. The number of carbonyl (C=O) groups is 1. The van der Waals surface area contributed by atoms with Crippen LogP contribution in [0.4, 0.5) is 5.69 Å². The minimum absolute atomic E-state index is 0.371. The van der Waals surface area contributed by atoms with Crippen molar-refractivity contribution in [3.63, 3.8) is 0 Å². The number of benzene rings is 2. The fraction of sp³-hybridized carbons (Fsp3) is 0.105. The lowest BCUT2D eigenvalue weighted by atomic mass is 10.2. The summed E-state index contributed by atoms with van der Waals surface area (Å²) >= 11 is 1.30. The molecular formula is C19H16N4O4S. The number of nitro groups is 1. The van der Waals surface area contributed by atoms with E-state index in [0.717, 1.165) is 10.6 Å². The van der Waals surface area contributed by atoms with Crippen LogP contribution >= 0.6 is 11.3 Å². The standard InChI is InChI=1S/C19H16N4O4S/c1-12-18(28-17(21-12)10-13-5-3-2-4-6-13)19(25)22-20-11-14-7-8-16(24)15(9-14)23(26)27/h2-9,11,24H,10H2,1H3,(H,22,25). The minimum Gasteiger partial charge on any atom is -0.502 e. The number of carbonyl (C=O) groups excluding carboxylic acids is 1. The molecule has 0 fully saturated rings. The number of aromatic nitrogens is 1. The van der Waals surface area contributed by atoms with Gasteiger partial charge in [0.2, 0.25) is 0 Å². The number of nitrogens with one attached hydrogen (secondary N) is 1. The Morgan fingerprint density at radius 1 is 1.32 bits per heavy atom. The van der Waals surface area contributed by atoms with Crippen LogP contribution in [0.1, 0.15) is 31.5 Å². The zero-order valence-electron chi connectivity index (χ0n) is 14.8. The van der Waals surface area contributed by atoms with Crippen LogP contribution in [0.3, 0.4) is 0 Å². The summed E-state index contributed by atoms with van der Waals surface area (Å²) in [6, 6.07) is 13.7. The molecule has 0 aliphatic rings. The maximum atomic E-state index is 12.3. The maximum Gasteiger partial charge on any atom is 0.311 e. The van der Waals surface area contributed by atoms with Gasteiger partial charge in [0, 0.05) is 18.1 Å². The number of nitrogens with zero attached hydrogens (tertiary/aromatic N) is 3. The summed E-state index contributed by atoms with van der Waals surface area (Å²) < 4.78 is 0. The predicted molar refractivity (Wildman–Crippen MR) is 106 cm³/mol. The van der Waals surface area contributed by atoms with Crippen molar-refractivity contribution in [3.8, 4) is 5.75 Å². The highest BCUT2D eigenvalue weighted by atomic mass is 32.1. The van der Waals surface area contributed by atoms with E-state index in [-0.39, 0.29) is 0 Å². The second-order valence-electron chi connectivity index (χ2n) is 5.89. The Morgan fingerprint density at radius 3 is 2.79 bits per heavy atom. The largest absolute Gasteiger partial charge is 0.502 e. The summed E-state index contributed by atoms with van der Waals surface area (Å²) in [5, 5.41) is 24.9. The number of amides is 1. The molecule has 1 amide bonds. The molecule has 0 atom stereocenters. The Bertz CT molecular complexity index is 1050. The molecule has 3 rings (SSSR count). The number of phenols is 1. The Hall–Kier alpha value is -3.59. The first-order valence-electron chi connectivity index (χ1n) is 8.25. The molecule has 1 heterocycles. The Labute approximate surface area is 164 Å². The van der Waals surface area contributed by atoms with Crippen LogP contribution in [-0.2, 0) is 6.42 Å². The van der Waals surface area contributed by atoms with Crippen molar-refractivity contribution in [2.45, 2.75) is 13.3 Å². The number of phenolic OH excluding ortho intramolecular Hbond substituents is 1. The van der Waals surface area contributed by atoms with Crippen molar-refractivity contribution >= 4 is 29.1 Å². The molecule has 0 bridgehead atoms. The number of hydrogen-bond donors (Lipinski definition) is 2. The molecule has 1 aromatic heterocycles. The van der Waals surface area contributed by atoms with Gasteiger partial charge < -0.3 is 5.11 Å². The van der Waals surface area contributed by atoms with Gasteiger partial charge in [-0.15, -0.1) is 11.3 Å². The third-order valence-electron chi connectivity index (χ3n) is 3.82. The number of nitro benzene ring substituents is 1. The van der Waals surface area contributed by atoms with Crippen LogP contribution < -0.4 is 5.43 Å². The Kier molecular flexibility index (Phi) is 5.75. The van der Waals surface area contributed by atoms with Crippen molar-refractivity contribution < 1.29 is 14.8 Å². The van der Waals surface area contributed by atoms with Crippen LogP contribution in [0, 0.1) is 17.0 Å². The van der Waals surface area contributed by atoms with Crippen molar-refractivity contribution in [3.05, 3.63) is 85.4 Å². The summed E-state index contributed by atoms with van der Waals surface area (Å²) in [7, 11) is 0. The average Bonchev–Trinajstić information content (AvgIpc) is 3.03. The second-order valence-corrected chi connectivity index (χ2v) is 6.97. The number of aromatic hydroxyl groups is 1. The van der Waals surface area contributed by atoms with E-state index < -0.39 is 22.3 Å². The van der Waals surface area contributed by atoms with Gasteiger partial charge in [-0.3, -0.25) is 14.9 Å². The summed E-state index contributed by atoms with van der Waals surface area (Å²) in [5.41, 5.74) is 4.06. The quantitative estimate of drug-likeness (QED) is 0.376. The smallest absolute Gasteiger partial charge is 0.311 e. The fourth-order valence-corrected chi connectivity index (χ4v) is 3.48. The van der Waals surface area contributed by atoms with Crippen molar-refractivity contribution in [1.29, 1.82) is 0 Å². The molecule has 0 radical (unpaired) electrons. The molecule has 0 saturated carbocycles. The molecule has 2 aromatic carbocycles. The number of aryl methyl sites for hydroxylation is 1. The SMILES string of the molecule is Cc1nc(Cc2ccccc2)sc1C(=O)NN=Cc1ccc(O)c([N+](=O)[O-])c1. The third-order valence-corrected chi connectivity index (χ3v) is 4.98. The second kappa shape index (κ2) is 8.40. The normalized spacial score (nSPS) is 10.9. The van der Waals surface area contributed by atoms with E-state index >= 15 is 0 Å². The first-order chi connectivity index (χ1) is 13.4. The average molecular weight is 396 g/mol. The Balaban J connectivity index is 1.67. The molecule has 0 unspecified atom stereocenters. The number of hydrazone groups is 1. The molecule has 0 saturated heterocycles. The van der Waals surface area contributed by atoms with E-state index in [4.69, 9.17) is 0 Å². The summed E-state index contributed by atoms with van der Waals surface area (Å²) in [4.78, 5) is 27.4. The highest BCUT2D eigenvalue weighted by Gasteiger charge is 2.15. The van der Waals surface area contributed by atoms with Crippen LogP contribution in [0.2, 0.25) is 0 Å². The van der Waals surface area contributed by atoms with E-state index in [1.54, 1.807) is 6.92 Å². The lowest BCUT2D eigenvalue weighted by Crippen LogP contribution is -2.17. The molecule has 9 heteroatoms. The van der Waals surface area contributed by atoms with Crippen LogP contribution in [0.5, 0.6) is 5.75 Å². The third kappa shape index (κ3) is 4.57. The molecule has 0 aliphatic carbocycles. The first kappa shape index (κ1) is 19.2. The van der Waals surface area contributed by atoms with Crippen LogP contribution in [0.15, 0.2) is 53.6 Å². The number of hydrogen-bond acceptors (Lipinski definition) is 7. The maximum absolute atomic E-state index is 12.3. The Morgan fingerprint density at radius 2 is 2.07 bits per heavy atom. The molecule has 8 nitrogen and oxygen atoms in total. The summed E-state index contributed by atoms with van der Waals surface area (Å²) in [6.07, 6.45) is 1.91. The van der Waals surface area contributed by atoms with Gasteiger partial charge in [0.15, 0.2) is 5.75 Å². The lowest BCUT2D eigenvalue weighted by molar-refractivity contribution is -0.385. The molecule has 2 N–H and O–H groups in total. The molecule has 28 heavy (non-hydrogen) atoms. The lowest BCUT2D eigenvalue weighted by Gasteiger charge is -1.99. The molecule has 0 aliphatic heterocycles. The van der Waals surface area contributed by atoms with E-state index in [1.165, 1.54) is 35.8 Å². The van der Waals surface area contributed by atoms with Gasteiger partial charge in [-0.2, -0.15) is 5.10 Å². The fourth-order valence-electron chi connectivity index (χ4n) is 2.49. The van der Waals surface area contributed by atoms with Gasteiger partial charge in [0.1, 0.15) is 4.88 Å². The van der Waals surface area contributed by atoms with Gasteiger partial charge in [-0.1, -0.05) is 30.3 Å². The number of rotatable bonds is 6. The minimum atomic E-state index is -0.694. The summed E-state index contributed by atoms with van der Waals surface area (Å²) in [6.45, 7) is 1.76. The highest BCUT2D eigenvalue weighted by Crippen LogP contribution is 2.25. The topological polar surface area (TPSA) is 118 Å². The van der Waals surface area contributed by atoms with Gasteiger partial charge >= 0.3 is 5.69 Å². The molecule has 0 spiro atoms. The molecule has 3 aromatic rings. The van der Waals surface area contributed by atoms with E-state index in [2.05, 4.69) is 15.5 Å². The van der Waals surface area contributed by atoms with E-state index in [1.807, 2.05) is 30.3 Å². The predicted octanol–water partition coefficient (Wildman–Crippen LogP) is 3.42.